The second-order valence-electron chi connectivity index (χ2n) is 7.50. The molecule has 1 aliphatic carbocycles. The number of carbonyl (C=O) groups excluding carboxylic acids is 1. The van der Waals surface area contributed by atoms with Crippen molar-refractivity contribution in [3.05, 3.63) is 12.4 Å². The van der Waals surface area contributed by atoms with Crippen LogP contribution in [0.5, 0.6) is 0 Å². The summed E-state index contributed by atoms with van der Waals surface area (Å²) in [5, 5.41) is 10.6. The number of ether oxygens (including phenoxy) is 2. The first-order valence-corrected chi connectivity index (χ1v) is 9.59. The topological polar surface area (TPSA) is 125 Å². The predicted molar refractivity (Wildman–Crippen MR) is 99.5 cm³/mol. The minimum absolute atomic E-state index is 0.0855. The minimum Gasteiger partial charge on any atom is -0.461 e. The number of aliphatic hydroxyl groups is 1. The molecule has 154 valence electrons. The number of aliphatic hydroxyl groups excluding tert-OH is 1. The Hall–Kier alpha value is -2.77. The van der Waals surface area contributed by atoms with Crippen molar-refractivity contribution < 1.29 is 23.8 Å². The number of terminal acetylenes is 1. The van der Waals surface area contributed by atoms with E-state index in [0.29, 0.717) is 0 Å². The first-order chi connectivity index (χ1) is 13.9. The fourth-order valence-corrected chi connectivity index (χ4v) is 3.98. The maximum absolute atomic E-state index is 13.6. The van der Waals surface area contributed by atoms with Crippen LogP contribution in [0.3, 0.4) is 0 Å². The molecule has 3 heterocycles. The lowest BCUT2D eigenvalue weighted by Gasteiger charge is -2.27. The fourth-order valence-electron chi connectivity index (χ4n) is 3.98. The van der Waals surface area contributed by atoms with E-state index in [2.05, 4.69) is 20.9 Å². The maximum atomic E-state index is 13.6. The zero-order valence-corrected chi connectivity index (χ0v) is 15.8. The summed E-state index contributed by atoms with van der Waals surface area (Å²) in [4.78, 5) is 23.6. The Morgan fingerprint density at radius 3 is 2.93 bits per heavy atom. The molecule has 2 fully saturated rings. The van der Waals surface area contributed by atoms with Crippen LogP contribution in [-0.2, 0) is 14.3 Å². The zero-order valence-electron chi connectivity index (χ0n) is 15.8. The van der Waals surface area contributed by atoms with Gasteiger partial charge in [-0.3, -0.25) is 9.36 Å². The Balaban J connectivity index is 1.52. The molecule has 0 amide bonds. The highest BCUT2D eigenvalue weighted by Crippen LogP contribution is 2.38. The second kappa shape index (κ2) is 7.57. The molecule has 0 spiro atoms. The molecule has 0 radical (unpaired) electrons. The van der Waals surface area contributed by atoms with Gasteiger partial charge < -0.3 is 20.3 Å². The van der Waals surface area contributed by atoms with E-state index in [1.807, 2.05) is 0 Å². The van der Waals surface area contributed by atoms with Gasteiger partial charge in [0.1, 0.15) is 18.9 Å². The smallest absolute Gasteiger partial charge is 0.312 e. The lowest BCUT2D eigenvalue weighted by atomic mass is 9.89. The summed E-state index contributed by atoms with van der Waals surface area (Å²) in [5.74, 6) is 1.86. The second-order valence-corrected chi connectivity index (χ2v) is 7.50. The van der Waals surface area contributed by atoms with Gasteiger partial charge in [0.2, 0.25) is 0 Å². The number of imidazole rings is 1. The molecule has 3 N–H and O–H groups in total. The van der Waals surface area contributed by atoms with Crippen LogP contribution in [0.4, 0.5) is 10.2 Å². The van der Waals surface area contributed by atoms with Crippen LogP contribution in [0.15, 0.2) is 6.33 Å². The average molecular weight is 403 g/mol. The van der Waals surface area contributed by atoms with Crippen molar-refractivity contribution >= 4 is 23.0 Å². The highest BCUT2D eigenvalue weighted by Gasteiger charge is 2.49. The van der Waals surface area contributed by atoms with Crippen molar-refractivity contribution in [3.63, 3.8) is 0 Å². The molecular weight excluding hydrogens is 381 g/mol. The van der Waals surface area contributed by atoms with E-state index < -0.39 is 24.0 Å². The van der Waals surface area contributed by atoms with Crippen molar-refractivity contribution in [2.45, 2.75) is 56.5 Å². The third-order valence-electron chi connectivity index (χ3n) is 5.65. The molecule has 0 aromatic carbocycles. The van der Waals surface area contributed by atoms with E-state index in [0.717, 1.165) is 32.1 Å². The number of carbonyl (C=O) groups is 1. The number of halogens is 1. The SMILES string of the molecule is C#C[C@]1(COC(=O)C2CCCCC2)O[C@@H](n2cnc3c(N)nc(F)nc32)C[C@@H]1O. The van der Waals surface area contributed by atoms with Gasteiger partial charge in [0.15, 0.2) is 22.6 Å². The summed E-state index contributed by atoms with van der Waals surface area (Å²) in [6.07, 6.45) is 8.91. The van der Waals surface area contributed by atoms with Gasteiger partial charge in [-0.1, -0.05) is 25.2 Å². The van der Waals surface area contributed by atoms with Gasteiger partial charge in [-0.15, -0.1) is 6.42 Å². The summed E-state index contributed by atoms with van der Waals surface area (Å²) in [6.45, 7) is -0.269. The van der Waals surface area contributed by atoms with E-state index in [1.165, 1.54) is 10.9 Å². The number of nitrogens with zero attached hydrogens (tertiary/aromatic N) is 4. The number of hydrogen-bond donors (Lipinski definition) is 2. The number of anilines is 1. The number of fused-ring (bicyclic) bond motifs is 1. The van der Waals surface area contributed by atoms with Gasteiger partial charge in [-0.2, -0.15) is 14.4 Å². The normalized spacial score (nSPS) is 27.8. The fraction of sp³-hybridized carbons (Fsp3) is 0.579. The van der Waals surface area contributed by atoms with Gasteiger partial charge in [0.25, 0.3) is 0 Å². The zero-order chi connectivity index (χ0) is 20.6. The molecule has 9 nitrogen and oxygen atoms in total. The summed E-state index contributed by atoms with van der Waals surface area (Å²) < 4.78 is 26.4. The molecule has 1 aliphatic heterocycles. The standard InChI is InChI=1S/C19H22FN5O4/c1-2-19(9-28-17(27)11-6-4-3-5-7-11)12(26)8-13(29-19)25-10-22-14-15(21)23-18(20)24-16(14)25/h1,10-13,26H,3-9H2,(H2,21,23,24)/t12-,13+,19+/m0/s1. The third kappa shape index (κ3) is 3.52. The Morgan fingerprint density at radius 2 is 2.21 bits per heavy atom. The highest BCUT2D eigenvalue weighted by atomic mass is 19.1. The van der Waals surface area contributed by atoms with Crippen molar-refractivity contribution in [3.8, 4) is 12.3 Å². The van der Waals surface area contributed by atoms with Crippen LogP contribution in [0, 0.1) is 24.3 Å². The number of rotatable bonds is 4. The molecule has 29 heavy (non-hydrogen) atoms. The summed E-state index contributed by atoms with van der Waals surface area (Å²) >= 11 is 0. The first-order valence-electron chi connectivity index (χ1n) is 9.59. The third-order valence-corrected chi connectivity index (χ3v) is 5.65. The summed E-state index contributed by atoms with van der Waals surface area (Å²) in [6, 6.07) is 0. The van der Waals surface area contributed by atoms with Gasteiger partial charge in [-0.25, -0.2) is 4.98 Å². The quantitative estimate of drug-likeness (QED) is 0.445. The molecule has 0 bridgehead atoms. The molecule has 10 heteroatoms. The van der Waals surface area contributed by atoms with Crippen LogP contribution in [0.1, 0.15) is 44.8 Å². The van der Waals surface area contributed by atoms with Crippen LogP contribution in [-0.4, -0.2) is 48.9 Å². The Morgan fingerprint density at radius 1 is 1.45 bits per heavy atom. The molecule has 2 aliphatic rings. The summed E-state index contributed by atoms with van der Waals surface area (Å²) in [5.41, 5.74) is 4.51. The first kappa shape index (κ1) is 19.5. The Kier molecular flexibility index (Phi) is 5.10. The molecule has 3 atom stereocenters. The molecule has 0 unspecified atom stereocenters. The molecule has 4 rings (SSSR count). The number of hydrogen-bond acceptors (Lipinski definition) is 8. The van der Waals surface area contributed by atoms with Crippen molar-refractivity contribution in [1.82, 2.24) is 19.5 Å². The monoisotopic (exact) mass is 403 g/mol. The van der Waals surface area contributed by atoms with Gasteiger partial charge in [0, 0.05) is 6.42 Å². The van der Waals surface area contributed by atoms with E-state index in [4.69, 9.17) is 21.6 Å². The molecule has 2 aromatic heterocycles. The van der Waals surface area contributed by atoms with Crippen LogP contribution in [0.25, 0.3) is 11.2 Å². The molecule has 1 saturated carbocycles. The number of nitrogen functional groups attached to an aromatic ring is 1. The molecular formula is C19H22FN5O4. The van der Waals surface area contributed by atoms with E-state index in [1.54, 1.807) is 0 Å². The number of aromatic nitrogens is 4. The van der Waals surface area contributed by atoms with E-state index >= 15 is 0 Å². The number of esters is 1. The average Bonchev–Trinajstić information content (AvgIpc) is 3.28. The lowest BCUT2D eigenvalue weighted by Crippen LogP contribution is -2.43. The Bertz CT molecular complexity index is 967. The van der Waals surface area contributed by atoms with Crippen LogP contribution < -0.4 is 5.73 Å². The van der Waals surface area contributed by atoms with Crippen molar-refractivity contribution in [2.24, 2.45) is 5.92 Å². The molecule has 1 saturated heterocycles. The van der Waals surface area contributed by atoms with Gasteiger partial charge >= 0.3 is 12.0 Å². The van der Waals surface area contributed by atoms with Crippen LogP contribution in [0.2, 0.25) is 0 Å². The largest absolute Gasteiger partial charge is 0.461 e. The highest BCUT2D eigenvalue weighted by molar-refractivity contribution is 5.81. The van der Waals surface area contributed by atoms with Gasteiger partial charge in [0.05, 0.1) is 12.2 Å². The lowest BCUT2D eigenvalue weighted by molar-refractivity contribution is -0.161. The van der Waals surface area contributed by atoms with Crippen LogP contribution >= 0.6 is 0 Å². The van der Waals surface area contributed by atoms with Crippen molar-refractivity contribution in [1.29, 1.82) is 0 Å². The molecule has 2 aromatic rings. The van der Waals surface area contributed by atoms with Gasteiger partial charge in [-0.05, 0) is 12.8 Å². The Labute approximate surface area is 166 Å². The minimum atomic E-state index is -1.51. The predicted octanol–water partition coefficient (Wildman–Crippen LogP) is 1.32. The number of nitrogens with two attached hydrogens (primary N) is 1. The van der Waals surface area contributed by atoms with Crippen molar-refractivity contribution in [2.75, 3.05) is 12.3 Å². The maximum Gasteiger partial charge on any atom is 0.312 e. The summed E-state index contributed by atoms with van der Waals surface area (Å²) in [7, 11) is 0. The van der Waals surface area contributed by atoms with E-state index in [-0.39, 0.29) is 41.9 Å². The van der Waals surface area contributed by atoms with E-state index in [9.17, 15) is 14.3 Å².